The molecule has 2 heterocycles. The van der Waals surface area contributed by atoms with E-state index >= 15 is 0 Å². The third kappa shape index (κ3) is 3.56. The number of H-pyrrole nitrogens is 1. The number of fused-ring (bicyclic) bond motifs is 1. The van der Waals surface area contributed by atoms with E-state index in [0.717, 1.165) is 11.3 Å². The van der Waals surface area contributed by atoms with Crippen LogP contribution in [0.4, 0.5) is 5.69 Å². The normalized spacial score (nSPS) is 10.4. The Morgan fingerprint density at radius 3 is 2.80 bits per heavy atom. The SMILES string of the molecule is C#CCN(Cc1ccc2nc[nH]c(=O)c2c1)c1ccc(C(C)=O)nc1. The number of aromatic amines is 1. The van der Waals surface area contributed by atoms with E-state index in [4.69, 9.17) is 6.42 Å². The fourth-order valence-corrected chi connectivity index (χ4v) is 2.56. The molecule has 0 unspecified atom stereocenters. The molecule has 2 aromatic heterocycles. The van der Waals surface area contributed by atoms with Gasteiger partial charge in [0.15, 0.2) is 5.78 Å². The fourth-order valence-electron chi connectivity index (χ4n) is 2.56. The van der Waals surface area contributed by atoms with Crippen LogP contribution in [0.3, 0.4) is 0 Å². The highest BCUT2D eigenvalue weighted by Gasteiger charge is 2.10. The third-order valence-electron chi connectivity index (χ3n) is 3.83. The molecule has 6 heteroatoms. The predicted octanol–water partition coefficient (Wildman–Crippen LogP) is 2.16. The highest BCUT2D eigenvalue weighted by molar-refractivity contribution is 5.92. The van der Waals surface area contributed by atoms with E-state index in [1.54, 1.807) is 12.3 Å². The number of carbonyl (C=O) groups excluding carboxylic acids is 1. The zero-order chi connectivity index (χ0) is 17.8. The maximum absolute atomic E-state index is 11.9. The fraction of sp³-hybridized carbons (Fsp3) is 0.158. The first-order valence-corrected chi connectivity index (χ1v) is 7.70. The molecular weight excluding hydrogens is 316 g/mol. The molecule has 0 saturated carbocycles. The minimum Gasteiger partial charge on any atom is -0.355 e. The number of rotatable bonds is 5. The molecule has 3 aromatic rings. The van der Waals surface area contributed by atoms with Crippen molar-refractivity contribution in [1.29, 1.82) is 0 Å². The Kier molecular flexibility index (Phi) is 4.57. The topological polar surface area (TPSA) is 79.0 Å². The molecule has 0 aliphatic carbocycles. The van der Waals surface area contributed by atoms with E-state index in [1.807, 2.05) is 29.2 Å². The quantitative estimate of drug-likeness (QED) is 0.572. The molecule has 0 radical (unpaired) electrons. The first-order chi connectivity index (χ1) is 12.1. The van der Waals surface area contributed by atoms with Gasteiger partial charge in [0.05, 0.1) is 35.7 Å². The Morgan fingerprint density at radius 2 is 2.12 bits per heavy atom. The molecule has 0 atom stereocenters. The van der Waals surface area contributed by atoms with Crippen LogP contribution in [0.25, 0.3) is 10.9 Å². The Hall–Kier alpha value is -3.46. The molecule has 1 aromatic carbocycles. The molecule has 0 aliphatic heterocycles. The molecule has 25 heavy (non-hydrogen) atoms. The smallest absolute Gasteiger partial charge is 0.258 e. The second-order valence-corrected chi connectivity index (χ2v) is 5.60. The number of carbonyl (C=O) groups is 1. The summed E-state index contributed by atoms with van der Waals surface area (Å²) in [5, 5.41) is 0.533. The summed E-state index contributed by atoms with van der Waals surface area (Å²) in [6.45, 7) is 2.36. The van der Waals surface area contributed by atoms with Gasteiger partial charge in [-0.05, 0) is 29.8 Å². The van der Waals surface area contributed by atoms with Crippen molar-refractivity contribution < 1.29 is 4.79 Å². The number of aromatic nitrogens is 3. The van der Waals surface area contributed by atoms with Gasteiger partial charge in [0.1, 0.15) is 5.69 Å². The van der Waals surface area contributed by atoms with Crippen molar-refractivity contribution in [2.45, 2.75) is 13.5 Å². The number of nitrogens with zero attached hydrogens (tertiary/aromatic N) is 3. The van der Waals surface area contributed by atoms with Gasteiger partial charge in [-0.1, -0.05) is 12.0 Å². The standard InChI is InChI=1S/C19H16N4O2/c1-3-8-23(15-5-7-17(13(2)24)20-10-15)11-14-4-6-18-16(9-14)19(25)22-12-21-18/h1,4-7,9-10,12H,8,11H2,2H3,(H,21,22,25). The maximum Gasteiger partial charge on any atom is 0.258 e. The second-order valence-electron chi connectivity index (χ2n) is 5.60. The van der Waals surface area contributed by atoms with Gasteiger partial charge in [-0.3, -0.25) is 14.6 Å². The lowest BCUT2D eigenvalue weighted by Gasteiger charge is -2.22. The number of hydrogen-bond acceptors (Lipinski definition) is 5. The number of hydrogen-bond donors (Lipinski definition) is 1. The van der Waals surface area contributed by atoms with Crippen molar-refractivity contribution in [2.24, 2.45) is 0 Å². The van der Waals surface area contributed by atoms with Gasteiger partial charge in [-0.15, -0.1) is 6.42 Å². The molecule has 0 amide bonds. The number of benzene rings is 1. The van der Waals surface area contributed by atoms with Crippen molar-refractivity contribution >= 4 is 22.4 Å². The lowest BCUT2D eigenvalue weighted by atomic mass is 10.1. The van der Waals surface area contributed by atoms with Crippen LogP contribution in [0, 0.1) is 12.3 Å². The van der Waals surface area contributed by atoms with Crippen LogP contribution in [0.15, 0.2) is 47.7 Å². The summed E-state index contributed by atoms with van der Waals surface area (Å²) >= 11 is 0. The van der Waals surface area contributed by atoms with Gasteiger partial charge in [-0.25, -0.2) is 4.98 Å². The third-order valence-corrected chi connectivity index (χ3v) is 3.83. The van der Waals surface area contributed by atoms with Crippen molar-refractivity contribution in [3.8, 4) is 12.3 Å². The van der Waals surface area contributed by atoms with Gasteiger partial charge in [-0.2, -0.15) is 0 Å². The van der Waals surface area contributed by atoms with Crippen LogP contribution in [0.2, 0.25) is 0 Å². The highest BCUT2D eigenvalue weighted by Crippen LogP contribution is 2.18. The van der Waals surface area contributed by atoms with Crippen molar-refractivity contribution in [2.75, 3.05) is 11.4 Å². The lowest BCUT2D eigenvalue weighted by Crippen LogP contribution is -2.23. The Morgan fingerprint density at radius 1 is 1.28 bits per heavy atom. The summed E-state index contributed by atoms with van der Waals surface area (Å²) in [4.78, 5) is 36.1. The minimum absolute atomic E-state index is 0.0868. The Balaban J connectivity index is 1.91. The van der Waals surface area contributed by atoms with Gasteiger partial charge in [0.2, 0.25) is 0 Å². The number of nitrogens with one attached hydrogen (secondary N) is 1. The van der Waals surface area contributed by atoms with Crippen LogP contribution >= 0.6 is 0 Å². The summed E-state index contributed by atoms with van der Waals surface area (Å²) in [7, 11) is 0. The summed E-state index contributed by atoms with van der Waals surface area (Å²) in [5.41, 5.74) is 2.61. The van der Waals surface area contributed by atoms with E-state index in [1.165, 1.54) is 13.3 Å². The van der Waals surface area contributed by atoms with Gasteiger partial charge in [0.25, 0.3) is 5.56 Å². The van der Waals surface area contributed by atoms with Crippen LogP contribution in [0.5, 0.6) is 0 Å². The van der Waals surface area contributed by atoms with Crippen molar-refractivity contribution in [3.63, 3.8) is 0 Å². The molecule has 0 spiro atoms. The molecule has 1 N–H and O–H groups in total. The van der Waals surface area contributed by atoms with E-state index in [0.29, 0.717) is 29.7 Å². The number of ketones is 1. The zero-order valence-corrected chi connectivity index (χ0v) is 13.7. The zero-order valence-electron chi connectivity index (χ0n) is 13.7. The monoisotopic (exact) mass is 332 g/mol. The Bertz CT molecular complexity index is 1020. The number of Topliss-reactive ketones (excluding diaryl/α,β-unsaturated/α-hetero) is 1. The number of anilines is 1. The van der Waals surface area contributed by atoms with E-state index < -0.39 is 0 Å². The van der Waals surface area contributed by atoms with Crippen LogP contribution in [-0.2, 0) is 6.54 Å². The average molecular weight is 332 g/mol. The van der Waals surface area contributed by atoms with E-state index in [2.05, 4.69) is 20.9 Å². The molecular formula is C19H16N4O2. The van der Waals surface area contributed by atoms with Gasteiger partial charge in [0, 0.05) is 13.5 Å². The summed E-state index contributed by atoms with van der Waals surface area (Å²) in [5.74, 6) is 2.54. The summed E-state index contributed by atoms with van der Waals surface area (Å²) in [6, 6.07) is 9.02. The highest BCUT2D eigenvalue weighted by atomic mass is 16.1. The molecule has 0 bridgehead atoms. The van der Waals surface area contributed by atoms with Crippen LogP contribution < -0.4 is 10.5 Å². The largest absolute Gasteiger partial charge is 0.355 e. The first-order valence-electron chi connectivity index (χ1n) is 7.70. The lowest BCUT2D eigenvalue weighted by molar-refractivity contribution is 0.101. The van der Waals surface area contributed by atoms with Crippen molar-refractivity contribution in [1.82, 2.24) is 15.0 Å². The summed E-state index contributed by atoms with van der Waals surface area (Å²) in [6.07, 6.45) is 8.50. The minimum atomic E-state index is -0.178. The first kappa shape index (κ1) is 16.4. The molecule has 124 valence electrons. The van der Waals surface area contributed by atoms with E-state index in [-0.39, 0.29) is 11.3 Å². The molecule has 3 rings (SSSR count). The predicted molar refractivity (Wildman–Crippen MR) is 96.5 cm³/mol. The van der Waals surface area contributed by atoms with E-state index in [9.17, 15) is 9.59 Å². The maximum atomic E-state index is 11.9. The molecule has 0 aliphatic rings. The molecule has 0 fully saturated rings. The average Bonchev–Trinajstić information content (AvgIpc) is 2.62. The number of pyridine rings is 1. The Labute approximate surface area is 144 Å². The summed E-state index contributed by atoms with van der Waals surface area (Å²) < 4.78 is 0. The van der Waals surface area contributed by atoms with Gasteiger partial charge >= 0.3 is 0 Å². The molecule has 6 nitrogen and oxygen atoms in total. The van der Waals surface area contributed by atoms with Crippen LogP contribution in [0.1, 0.15) is 23.0 Å². The molecule has 0 saturated heterocycles. The number of terminal acetylenes is 1. The van der Waals surface area contributed by atoms with Gasteiger partial charge < -0.3 is 9.88 Å². The second kappa shape index (κ2) is 6.97. The van der Waals surface area contributed by atoms with Crippen molar-refractivity contribution in [3.05, 3.63) is 64.5 Å². The van der Waals surface area contributed by atoms with Crippen LogP contribution in [-0.4, -0.2) is 27.3 Å².